The molecule has 0 bridgehead atoms. The minimum atomic E-state index is 0.351. The zero-order valence-corrected chi connectivity index (χ0v) is 12.6. The van der Waals surface area contributed by atoms with Crippen molar-refractivity contribution in [2.24, 2.45) is 0 Å². The molecule has 0 saturated carbocycles. The fraction of sp³-hybridized carbons (Fsp3) is 0.200. The molecule has 0 spiro atoms. The Bertz CT molecular complexity index is 740. The van der Waals surface area contributed by atoms with E-state index in [1.54, 1.807) is 0 Å². The van der Waals surface area contributed by atoms with Crippen LogP contribution in [0.3, 0.4) is 0 Å². The Morgan fingerprint density at radius 1 is 0.905 bits per heavy atom. The van der Waals surface area contributed by atoms with Gasteiger partial charge in [-0.25, -0.2) is 0 Å². The summed E-state index contributed by atoms with van der Waals surface area (Å²) in [6, 6.07) is 24.1. The first-order chi connectivity index (χ1) is 10.2. The zero-order valence-electron chi connectivity index (χ0n) is 12.6. The van der Waals surface area contributed by atoms with Crippen molar-refractivity contribution >= 4 is 10.8 Å². The predicted molar refractivity (Wildman–Crippen MR) is 90.4 cm³/mol. The summed E-state index contributed by atoms with van der Waals surface area (Å²) in [4.78, 5) is 0. The van der Waals surface area contributed by atoms with E-state index in [1.165, 1.54) is 27.5 Å². The first-order valence-corrected chi connectivity index (χ1v) is 7.50. The molecule has 0 aromatic heterocycles. The van der Waals surface area contributed by atoms with Crippen molar-refractivity contribution < 1.29 is 0 Å². The van der Waals surface area contributed by atoms with Gasteiger partial charge in [-0.15, -0.1) is 0 Å². The molecule has 1 N–H and O–H groups in total. The van der Waals surface area contributed by atoms with Gasteiger partial charge >= 0.3 is 0 Å². The number of hydrogen-bond donors (Lipinski definition) is 1. The van der Waals surface area contributed by atoms with Gasteiger partial charge in [0, 0.05) is 12.6 Å². The maximum atomic E-state index is 3.63. The maximum absolute atomic E-state index is 3.63. The lowest BCUT2D eigenvalue weighted by Gasteiger charge is -2.16. The molecular formula is C20H21N. The largest absolute Gasteiger partial charge is 0.306 e. The van der Waals surface area contributed by atoms with Crippen LogP contribution in [0, 0.1) is 6.92 Å². The molecule has 0 unspecified atom stereocenters. The highest BCUT2D eigenvalue weighted by molar-refractivity contribution is 5.85. The van der Waals surface area contributed by atoms with Crippen molar-refractivity contribution in [2.45, 2.75) is 26.4 Å². The third kappa shape index (κ3) is 3.14. The Morgan fingerprint density at radius 3 is 2.52 bits per heavy atom. The number of hydrogen-bond acceptors (Lipinski definition) is 1. The van der Waals surface area contributed by atoms with Crippen LogP contribution in [0.5, 0.6) is 0 Å². The van der Waals surface area contributed by atoms with Crippen molar-refractivity contribution in [3.05, 3.63) is 83.4 Å². The molecule has 0 saturated heterocycles. The number of aryl methyl sites for hydroxylation is 1. The van der Waals surface area contributed by atoms with Crippen molar-refractivity contribution in [3.63, 3.8) is 0 Å². The molecule has 0 aliphatic carbocycles. The van der Waals surface area contributed by atoms with Crippen LogP contribution >= 0.6 is 0 Å². The zero-order chi connectivity index (χ0) is 14.7. The second kappa shape index (κ2) is 6.11. The maximum Gasteiger partial charge on any atom is 0.0295 e. The summed E-state index contributed by atoms with van der Waals surface area (Å²) in [7, 11) is 0. The average Bonchev–Trinajstić information content (AvgIpc) is 2.52. The third-order valence-electron chi connectivity index (χ3n) is 4.02. The van der Waals surface area contributed by atoms with E-state index in [4.69, 9.17) is 0 Å². The van der Waals surface area contributed by atoms with Crippen LogP contribution in [-0.4, -0.2) is 0 Å². The van der Waals surface area contributed by atoms with Crippen molar-refractivity contribution in [1.29, 1.82) is 0 Å². The van der Waals surface area contributed by atoms with Crippen molar-refractivity contribution in [1.82, 2.24) is 5.32 Å². The lowest BCUT2D eigenvalue weighted by molar-refractivity contribution is 0.576. The summed E-state index contributed by atoms with van der Waals surface area (Å²) in [6.45, 7) is 5.25. The average molecular weight is 275 g/mol. The number of fused-ring (bicyclic) bond motifs is 1. The minimum absolute atomic E-state index is 0.351. The topological polar surface area (TPSA) is 12.0 Å². The SMILES string of the molecule is Cc1cccc([C@H](C)NCc2cccc3ccccc23)c1. The summed E-state index contributed by atoms with van der Waals surface area (Å²) in [5.74, 6) is 0. The second-order valence-corrected chi connectivity index (χ2v) is 5.65. The molecule has 21 heavy (non-hydrogen) atoms. The molecule has 1 atom stereocenters. The van der Waals surface area contributed by atoms with Crippen LogP contribution in [0.1, 0.15) is 29.7 Å². The molecule has 0 heterocycles. The highest BCUT2D eigenvalue weighted by Crippen LogP contribution is 2.20. The van der Waals surface area contributed by atoms with E-state index >= 15 is 0 Å². The van der Waals surface area contributed by atoms with Gasteiger partial charge in [0.25, 0.3) is 0 Å². The summed E-state index contributed by atoms with van der Waals surface area (Å²) < 4.78 is 0. The second-order valence-electron chi connectivity index (χ2n) is 5.65. The van der Waals surface area contributed by atoms with E-state index in [0.29, 0.717) is 6.04 Å². The fourth-order valence-corrected chi connectivity index (χ4v) is 2.77. The van der Waals surface area contributed by atoms with Gasteiger partial charge < -0.3 is 5.32 Å². The predicted octanol–water partition coefficient (Wildman–Crippen LogP) is 5.00. The molecule has 0 aliphatic heterocycles. The molecule has 0 radical (unpaired) electrons. The summed E-state index contributed by atoms with van der Waals surface area (Å²) in [5, 5.41) is 6.28. The Labute approximate surface area is 126 Å². The fourth-order valence-electron chi connectivity index (χ4n) is 2.77. The molecule has 0 fully saturated rings. The summed E-state index contributed by atoms with van der Waals surface area (Å²) in [6.07, 6.45) is 0. The van der Waals surface area contributed by atoms with Crippen LogP contribution < -0.4 is 5.32 Å². The number of benzene rings is 3. The lowest BCUT2D eigenvalue weighted by atomic mass is 10.0. The van der Waals surface area contributed by atoms with E-state index < -0.39 is 0 Å². The highest BCUT2D eigenvalue weighted by atomic mass is 14.9. The molecule has 3 aromatic rings. The summed E-state index contributed by atoms with van der Waals surface area (Å²) in [5.41, 5.74) is 4.01. The van der Waals surface area contributed by atoms with E-state index in [2.05, 4.69) is 85.9 Å². The molecule has 0 aliphatic rings. The first-order valence-electron chi connectivity index (χ1n) is 7.50. The standard InChI is InChI=1S/C20H21N/c1-15-7-5-10-18(13-15)16(2)21-14-19-11-6-9-17-8-3-4-12-20(17)19/h3-13,16,21H,14H2,1-2H3/t16-/m0/s1. The van der Waals surface area contributed by atoms with E-state index in [1.807, 2.05) is 0 Å². The van der Waals surface area contributed by atoms with Crippen molar-refractivity contribution in [3.8, 4) is 0 Å². The van der Waals surface area contributed by atoms with E-state index in [0.717, 1.165) is 6.54 Å². The van der Waals surface area contributed by atoms with Crippen LogP contribution in [0.15, 0.2) is 66.7 Å². The van der Waals surface area contributed by atoms with Gasteiger partial charge in [-0.2, -0.15) is 0 Å². The van der Waals surface area contributed by atoms with E-state index in [9.17, 15) is 0 Å². The van der Waals surface area contributed by atoms with Crippen LogP contribution in [0.25, 0.3) is 10.8 Å². The Morgan fingerprint density at radius 2 is 1.67 bits per heavy atom. The lowest BCUT2D eigenvalue weighted by Crippen LogP contribution is -2.18. The van der Waals surface area contributed by atoms with Crippen LogP contribution in [0.4, 0.5) is 0 Å². The molecule has 0 amide bonds. The molecule has 1 heteroatoms. The van der Waals surface area contributed by atoms with Gasteiger partial charge in [-0.05, 0) is 35.7 Å². The Hall–Kier alpha value is -2.12. The molecule has 1 nitrogen and oxygen atoms in total. The quantitative estimate of drug-likeness (QED) is 0.706. The van der Waals surface area contributed by atoms with Crippen LogP contribution in [0.2, 0.25) is 0 Å². The normalized spacial score (nSPS) is 12.5. The Kier molecular flexibility index (Phi) is 4.03. The summed E-state index contributed by atoms with van der Waals surface area (Å²) >= 11 is 0. The first kappa shape index (κ1) is 13.8. The van der Waals surface area contributed by atoms with Gasteiger partial charge in [0.2, 0.25) is 0 Å². The smallest absolute Gasteiger partial charge is 0.0295 e. The molecular weight excluding hydrogens is 254 g/mol. The highest BCUT2D eigenvalue weighted by Gasteiger charge is 2.06. The van der Waals surface area contributed by atoms with Gasteiger partial charge in [0.1, 0.15) is 0 Å². The van der Waals surface area contributed by atoms with Gasteiger partial charge in [0.05, 0.1) is 0 Å². The molecule has 106 valence electrons. The van der Waals surface area contributed by atoms with E-state index in [-0.39, 0.29) is 0 Å². The number of rotatable bonds is 4. The Balaban J connectivity index is 1.77. The van der Waals surface area contributed by atoms with Crippen LogP contribution in [-0.2, 0) is 6.54 Å². The third-order valence-corrected chi connectivity index (χ3v) is 4.02. The molecule has 3 aromatic carbocycles. The van der Waals surface area contributed by atoms with Gasteiger partial charge in [0.15, 0.2) is 0 Å². The molecule has 3 rings (SSSR count). The number of nitrogens with one attached hydrogen (secondary N) is 1. The minimum Gasteiger partial charge on any atom is -0.306 e. The van der Waals surface area contributed by atoms with Crippen molar-refractivity contribution in [2.75, 3.05) is 0 Å². The van der Waals surface area contributed by atoms with Gasteiger partial charge in [-0.3, -0.25) is 0 Å². The van der Waals surface area contributed by atoms with Gasteiger partial charge in [-0.1, -0.05) is 72.3 Å². The monoisotopic (exact) mass is 275 g/mol.